The molecule has 1 atom stereocenters. The topological polar surface area (TPSA) is 24.9 Å². The van der Waals surface area contributed by atoms with Crippen LogP contribution in [-0.2, 0) is 0 Å². The van der Waals surface area contributed by atoms with Crippen molar-refractivity contribution in [2.24, 2.45) is 0 Å². The fourth-order valence-electron chi connectivity index (χ4n) is 0.791. The first-order chi connectivity index (χ1) is 5.24. The second-order valence-electron chi connectivity index (χ2n) is 2.41. The largest absolute Gasteiger partial charge is 0.312 e. The monoisotopic (exact) mass is 154 g/mol. The highest BCUT2D eigenvalue weighted by molar-refractivity contribution is 5.08. The smallest absolute Gasteiger partial charge is 0.141 e. The number of nitrogens with one attached hydrogen (secondary N) is 1. The van der Waals surface area contributed by atoms with E-state index in [4.69, 9.17) is 0 Å². The molecule has 0 spiro atoms. The maximum Gasteiger partial charge on any atom is 0.141 e. The zero-order valence-electron chi connectivity index (χ0n) is 6.63. The summed E-state index contributed by atoms with van der Waals surface area (Å²) < 4.78 is 12.4. The third kappa shape index (κ3) is 1.98. The molecular formula is C8H11FN2. The zero-order chi connectivity index (χ0) is 8.27. The van der Waals surface area contributed by atoms with Crippen LogP contribution in [0.15, 0.2) is 18.3 Å². The van der Waals surface area contributed by atoms with Crippen LogP contribution < -0.4 is 5.32 Å². The van der Waals surface area contributed by atoms with Crippen molar-refractivity contribution in [1.82, 2.24) is 10.3 Å². The standard InChI is InChI=1S/C8H11FN2/c1-6(10-2)8-4-3-7(9)5-11-8/h3-6,10H,1-2H3. The molecule has 0 bridgehead atoms. The van der Waals surface area contributed by atoms with Gasteiger partial charge in [-0.2, -0.15) is 0 Å². The second kappa shape index (κ2) is 3.44. The van der Waals surface area contributed by atoms with Crippen LogP contribution in [0.1, 0.15) is 18.7 Å². The van der Waals surface area contributed by atoms with E-state index >= 15 is 0 Å². The van der Waals surface area contributed by atoms with E-state index in [-0.39, 0.29) is 11.9 Å². The van der Waals surface area contributed by atoms with Gasteiger partial charge in [0.1, 0.15) is 5.82 Å². The number of nitrogens with zero attached hydrogens (tertiary/aromatic N) is 1. The molecule has 1 aromatic rings. The number of hydrogen-bond donors (Lipinski definition) is 1. The van der Waals surface area contributed by atoms with E-state index < -0.39 is 0 Å². The summed E-state index contributed by atoms with van der Waals surface area (Å²) >= 11 is 0. The molecule has 0 aromatic carbocycles. The first kappa shape index (κ1) is 8.14. The number of hydrogen-bond acceptors (Lipinski definition) is 2. The first-order valence-electron chi connectivity index (χ1n) is 3.52. The number of aromatic nitrogens is 1. The van der Waals surface area contributed by atoms with E-state index in [2.05, 4.69) is 10.3 Å². The molecule has 3 heteroatoms. The summed E-state index contributed by atoms with van der Waals surface area (Å²) in [4.78, 5) is 3.91. The normalized spacial score (nSPS) is 13.0. The summed E-state index contributed by atoms with van der Waals surface area (Å²) in [6.45, 7) is 1.97. The van der Waals surface area contributed by atoms with Gasteiger partial charge in [0.15, 0.2) is 0 Å². The Morgan fingerprint density at radius 3 is 2.73 bits per heavy atom. The van der Waals surface area contributed by atoms with Gasteiger partial charge in [0.25, 0.3) is 0 Å². The van der Waals surface area contributed by atoms with Crippen molar-refractivity contribution in [3.63, 3.8) is 0 Å². The predicted molar refractivity (Wildman–Crippen MR) is 41.7 cm³/mol. The predicted octanol–water partition coefficient (Wildman–Crippen LogP) is 1.50. The van der Waals surface area contributed by atoms with Gasteiger partial charge in [0.05, 0.1) is 11.9 Å². The molecule has 0 aliphatic rings. The van der Waals surface area contributed by atoms with Gasteiger partial charge in [-0.1, -0.05) is 0 Å². The molecule has 0 saturated carbocycles. The lowest BCUT2D eigenvalue weighted by molar-refractivity contribution is 0.600. The van der Waals surface area contributed by atoms with Crippen LogP contribution in [0.5, 0.6) is 0 Å². The van der Waals surface area contributed by atoms with Crippen LogP contribution in [0.25, 0.3) is 0 Å². The molecule has 1 rings (SSSR count). The van der Waals surface area contributed by atoms with Crippen LogP contribution >= 0.6 is 0 Å². The van der Waals surface area contributed by atoms with Gasteiger partial charge >= 0.3 is 0 Å². The van der Waals surface area contributed by atoms with Gasteiger partial charge in [0.2, 0.25) is 0 Å². The molecule has 0 saturated heterocycles. The third-order valence-corrected chi connectivity index (χ3v) is 1.63. The third-order valence-electron chi connectivity index (χ3n) is 1.63. The molecule has 0 amide bonds. The average molecular weight is 154 g/mol. The van der Waals surface area contributed by atoms with Gasteiger partial charge in [-0.25, -0.2) is 4.39 Å². The maximum absolute atomic E-state index is 12.4. The van der Waals surface area contributed by atoms with E-state index in [0.717, 1.165) is 5.69 Å². The number of halogens is 1. The Labute approximate surface area is 65.5 Å². The highest BCUT2D eigenvalue weighted by atomic mass is 19.1. The Hall–Kier alpha value is -0.960. The lowest BCUT2D eigenvalue weighted by atomic mass is 10.2. The molecule has 0 radical (unpaired) electrons. The van der Waals surface area contributed by atoms with Gasteiger partial charge in [-0.3, -0.25) is 4.98 Å². The minimum Gasteiger partial charge on any atom is -0.312 e. The molecule has 11 heavy (non-hydrogen) atoms. The quantitative estimate of drug-likeness (QED) is 0.698. The molecular weight excluding hydrogens is 143 g/mol. The lowest BCUT2D eigenvalue weighted by Crippen LogP contribution is -2.13. The summed E-state index contributed by atoms with van der Waals surface area (Å²) in [5.41, 5.74) is 0.855. The molecule has 1 aromatic heterocycles. The Bertz CT molecular complexity index is 220. The van der Waals surface area contributed by atoms with E-state index in [1.54, 1.807) is 6.07 Å². The summed E-state index contributed by atoms with van der Waals surface area (Å²) in [7, 11) is 1.84. The Morgan fingerprint density at radius 1 is 1.55 bits per heavy atom. The minimum absolute atomic E-state index is 0.176. The van der Waals surface area contributed by atoms with Crippen molar-refractivity contribution in [3.05, 3.63) is 29.8 Å². The van der Waals surface area contributed by atoms with E-state index in [0.29, 0.717) is 0 Å². The Kier molecular flexibility index (Phi) is 2.54. The number of pyridine rings is 1. The maximum atomic E-state index is 12.4. The van der Waals surface area contributed by atoms with Gasteiger partial charge in [-0.05, 0) is 26.1 Å². The van der Waals surface area contributed by atoms with Crippen molar-refractivity contribution in [1.29, 1.82) is 0 Å². The highest BCUT2D eigenvalue weighted by Gasteiger charge is 2.02. The van der Waals surface area contributed by atoms with Crippen molar-refractivity contribution >= 4 is 0 Å². The fraction of sp³-hybridized carbons (Fsp3) is 0.375. The SMILES string of the molecule is CNC(C)c1ccc(F)cn1. The van der Waals surface area contributed by atoms with Crippen LogP contribution in [0.2, 0.25) is 0 Å². The first-order valence-corrected chi connectivity index (χ1v) is 3.52. The van der Waals surface area contributed by atoms with Crippen molar-refractivity contribution in [2.75, 3.05) is 7.05 Å². The van der Waals surface area contributed by atoms with Gasteiger partial charge in [0, 0.05) is 6.04 Å². The fourth-order valence-corrected chi connectivity index (χ4v) is 0.791. The summed E-state index contributed by atoms with van der Waals surface area (Å²) in [6.07, 6.45) is 1.23. The molecule has 1 heterocycles. The molecule has 60 valence electrons. The van der Waals surface area contributed by atoms with E-state index in [9.17, 15) is 4.39 Å². The Balaban J connectivity index is 2.81. The minimum atomic E-state index is -0.294. The van der Waals surface area contributed by atoms with Gasteiger partial charge < -0.3 is 5.32 Å². The molecule has 1 unspecified atom stereocenters. The second-order valence-corrected chi connectivity index (χ2v) is 2.41. The van der Waals surface area contributed by atoms with Crippen molar-refractivity contribution in [3.8, 4) is 0 Å². The molecule has 2 nitrogen and oxygen atoms in total. The van der Waals surface area contributed by atoms with Gasteiger partial charge in [-0.15, -0.1) is 0 Å². The zero-order valence-corrected chi connectivity index (χ0v) is 6.63. The van der Waals surface area contributed by atoms with E-state index in [1.807, 2.05) is 14.0 Å². The Morgan fingerprint density at radius 2 is 2.27 bits per heavy atom. The molecule has 1 N–H and O–H groups in total. The molecule has 0 aliphatic heterocycles. The van der Waals surface area contributed by atoms with Crippen LogP contribution in [0.3, 0.4) is 0 Å². The summed E-state index contributed by atoms with van der Waals surface area (Å²) in [5, 5.41) is 3.02. The van der Waals surface area contributed by atoms with Crippen LogP contribution in [-0.4, -0.2) is 12.0 Å². The summed E-state index contributed by atoms with van der Waals surface area (Å²) in [6, 6.07) is 3.27. The highest BCUT2D eigenvalue weighted by Crippen LogP contribution is 2.07. The van der Waals surface area contributed by atoms with E-state index in [1.165, 1.54) is 12.3 Å². The number of rotatable bonds is 2. The van der Waals surface area contributed by atoms with Crippen molar-refractivity contribution < 1.29 is 4.39 Å². The van der Waals surface area contributed by atoms with Crippen LogP contribution in [0, 0.1) is 5.82 Å². The van der Waals surface area contributed by atoms with Crippen molar-refractivity contribution in [2.45, 2.75) is 13.0 Å². The lowest BCUT2D eigenvalue weighted by Gasteiger charge is -2.07. The molecule has 0 fully saturated rings. The molecule has 0 aliphatic carbocycles. The average Bonchev–Trinajstić information content (AvgIpc) is 2.05. The van der Waals surface area contributed by atoms with Crippen LogP contribution in [0.4, 0.5) is 4.39 Å². The summed E-state index contributed by atoms with van der Waals surface area (Å²) in [5.74, 6) is -0.294.